The average molecular weight is 286 g/mol. The Labute approximate surface area is 122 Å². The van der Waals surface area contributed by atoms with Gasteiger partial charge < -0.3 is 10.6 Å². The molecule has 0 aliphatic heterocycles. The van der Waals surface area contributed by atoms with Crippen LogP contribution < -0.4 is 10.6 Å². The first-order chi connectivity index (χ1) is 9.54. The van der Waals surface area contributed by atoms with E-state index in [9.17, 15) is 9.59 Å². The predicted molar refractivity (Wildman–Crippen MR) is 82.4 cm³/mol. The normalized spacial score (nSPS) is 9.90. The zero-order chi connectivity index (χ0) is 14.5. The van der Waals surface area contributed by atoms with Gasteiger partial charge in [0, 0.05) is 28.8 Å². The van der Waals surface area contributed by atoms with Crippen LogP contribution in [0.5, 0.6) is 0 Å². The van der Waals surface area contributed by atoms with E-state index in [0.29, 0.717) is 16.9 Å². The lowest BCUT2D eigenvalue weighted by molar-refractivity contribution is -0.114. The lowest BCUT2D eigenvalue weighted by Gasteiger charge is -2.07. The molecule has 0 fully saturated rings. The van der Waals surface area contributed by atoms with Gasteiger partial charge in [0.15, 0.2) is 0 Å². The van der Waals surface area contributed by atoms with E-state index in [4.69, 9.17) is 0 Å². The van der Waals surface area contributed by atoms with Gasteiger partial charge in [0.1, 0.15) is 0 Å². The predicted octanol–water partition coefficient (Wildman–Crippen LogP) is 3.19. The highest BCUT2D eigenvalue weighted by atomic mass is 32.1. The number of thiol groups is 1. The van der Waals surface area contributed by atoms with Crippen LogP contribution >= 0.6 is 12.6 Å². The summed E-state index contributed by atoms with van der Waals surface area (Å²) in [6.07, 6.45) is 0. The van der Waals surface area contributed by atoms with Crippen molar-refractivity contribution in [2.24, 2.45) is 0 Å². The van der Waals surface area contributed by atoms with E-state index in [1.165, 1.54) is 6.92 Å². The summed E-state index contributed by atoms with van der Waals surface area (Å²) in [5.74, 6) is -0.333. The standard InChI is InChI=1S/C15H14N2O2S/c1-10(18)16-12-5-7-13(8-6-12)17-15(19)11-3-2-4-14(20)9-11/h2-9,20H,1H3,(H,16,18)(H,17,19). The summed E-state index contributed by atoms with van der Waals surface area (Å²) in [5.41, 5.74) is 1.89. The third-order valence-corrected chi connectivity index (χ3v) is 2.85. The molecule has 4 nitrogen and oxygen atoms in total. The number of nitrogens with one attached hydrogen (secondary N) is 2. The van der Waals surface area contributed by atoms with E-state index < -0.39 is 0 Å². The van der Waals surface area contributed by atoms with E-state index in [1.54, 1.807) is 42.5 Å². The van der Waals surface area contributed by atoms with E-state index in [-0.39, 0.29) is 11.8 Å². The highest BCUT2D eigenvalue weighted by molar-refractivity contribution is 7.80. The van der Waals surface area contributed by atoms with Gasteiger partial charge in [-0.25, -0.2) is 0 Å². The summed E-state index contributed by atoms with van der Waals surface area (Å²) in [6.45, 7) is 1.44. The van der Waals surface area contributed by atoms with Crippen molar-refractivity contribution in [3.8, 4) is 0 Å². The molecule has 0 saturated heterocycles. The molecular formula is C15H14N2O2S. The molecule has 0 spiro atoms. The number of benzene rings is 2. The fraction of sp³-hybridized carbons (Fsp3) is 0.0667. The molecule has 102 valence electrons. The van der Waals surface area contributed by atoms with Crippen molar-refractivity contribution in [2.45, 2.75) is 11.8 Å². The molecule has 0 aliphatic carbocycles. The SMILES string of the molecule is CC(=O)Nc1ccc(NC(=O)c2cccc(S)c2)cc1. The first-order valence-corrected chi connectivity index (χ1v) is 6.47. The molecule has 0 atom stereocenters. The smallest absolute Gasteiger partial charge is 0.255 e. The van der Waals surface area contributed by atoms with Gasteiger partial charge in [-0.2, -0.15) is 0 Å². The van der Waals surface area contributed by atoms with Crippen molar-refractivity contribution < 1.29 is 9.59 Å². The second kappa shape index (κ2) is 6.25. The molecular weight excluding hydrogens is 272 g/mol. The van der Waals surface area contributed by atoms with Crippen LogP contribution in [0.2, 0.25) is 0 Å². The summed E-state index contributed by atoms with van der Waals surface area (Å²) in [7, 11) is 0. The van der Waals surface area contributed by atoms with Crippen LogP contribution in [0.1, 0.15) is 17.3 Å². The molecule has 0 bridgehead atoms. The Morgan fingerprint density at radius 1 is 0.950 bits per heavy atom. The zero-order valence-electron chi connectivity index (χ0n) is 10.9. The lowest BCUT2D eigenvalue weighted by Crippen LogP contribution is -2.12. The maximum Gasteiger partial charge on any atom is 0.255 e. The van der Waals surface area contributed by atoms with Crippen molar-refractivity contribution in [3.63, 3.8) is 0 Å². The number of rotatable bonds is 3. The van der Waals surface area contributed by atoms with Crippen molar-refractivity contribution in [1.82, 2.24) is 0 Å². The highest BCUT2D eigenvalue weighted by Crippen LogP contribution is 2.15. The second-order valence-corrected chi connectivity index (χ2v) is 4.78. The van der Waals surface area contributed by atoms with Crippen LogP contribution in [0.4, 0.5) is 11.4 Å². The van der Waals surface area contributed by atoms with Gasteiger partial charge in [-0.15, -0.1) is 12.6 Å². The van der Waals surface area contributed by atoms with Crippen LogP contribution in [-0.4, -0.2) is 11.8 Å². The molecule has 0 saturated carbocycles. The van der Waals surface area contributed by atoms with E-state index >= 15 is 0 Å². The Morgan fingerprint density at radius 2 is 1.55 bits per heavy atom. The number of hydrogen-bond acceptors (Lipinski definition) is 3. The van der Waals surface area contributed by atoms with Gasteiger partial charge in [-0.05, 0) is 42.5 Å². The molecule has 5 heteroatoms. The number of carbonyl (C=O) groups is 2. The molecule has 0 aliphatic rings. The van der Waals surface area contributed by atoms with Crippen LogP contribution in [0.3, 0.4) is 0 Å². The molecule has 2 aromatic carbocycles. The van der Waals surface area contributed by atoms with Crippen molar-refractivity contribution in [1.29, 1.82) is 0 Å². The zero-order valence-corrected chi connectivity index (χ0v) is 11.8. The van der Waals surface area contributed by atoms with Crippen LogP contribution in [0, 0.1) is 0 Å². The van der Waals surface area contributed by atoms with Crippen LogP contribution in [-0.2, 0) is 4.79 Å². The Morgan fingerprint density at radius 3 is 2.10 bits per heavy atom. The second-order valence-electron chi connectivity index (χ2n) is 4.26. The van der Waals surface area contributed by atoms with Crippen LogP contribution in [0.25, 0.3) is 0 Å². The van der Waals surface area contributed by atoms with E-state index in [0.717, 1.165) is 4.90 Å². The highest BCUT2D eigenvalue weighted by Gasteiger charge is 2.06. The van der Waals surface area contributed by atoms with Gasteiger partial charge >= 0.3 is 0 Å². The topological polar surface area (TPSA) is 58.2 Å². The lowest BCUT2D eigenvalue weighted by atomic mass is 10.2. The number of anilines is 2. The Bertz CT molecular complexity index is 639. The van der Waals surface area contributed by atoms with Crippen molar-refractivity contribution in [2.75, 3.05) is 10.6 Å². The summed E-state index contributed by atoms with van der Waals surface area (Å²) in [4.78, 5) is 23.7. The van der Waals surface area contributed by atoms with E-state index in [1.807, 2.05) is 6.07 Å². The largest absolute Gasteiger partial charge is 0.326 e. The minimum atomic E-state index is -0.201. The van der Waals surface area contributed by atoms with E-state index in [2.05, 4.69) is 23.3 Å². The van der Waals surface area contributed by atoms with Gasteiger partial charge in [0.2, 0.25) is 5.91 Å². The third kappa shape index (κ3) is 3.86. The molecule has 0 radical (unpaired) electrons. The summed E-state index contributed by atoms with van der Waals surface area (Å²) < 4.78 is 0. The minimum absolute atomic E-state index is 0.132. The van der Waals surface area contributed by atoms with Crippen molar-refractivity contribution >= 4 is 35.8 Å². The summed E-state index contributed by atoms with van der Waals surface area (Å²) in [5, 5.41) is 5.44. The monoisotopic (exact) mass is 286 g/mol. The Kier molecular flexibility index (Phi) is 4.42. The quantitative estimate of drug-likeness (QED) is 0.759. The van der Waals surface area contributed by atoms with Gasteiger partial charge in [0.05, 0.1) is 0 Å². The molecule has 2 amide bonds. The summed E-state index contributed by atoms with van der Waals surface area (Å²) >= 11 is 4.20. The fourth-order valence-corrected chi connectivity index (χ4v) is 1.92. The maximum atomic E-state index is 12.0. The molecule has 20 heavy (non-hydrogen) atoms. The minimum Gasteiger partial charge on any atom is -0.326 e. The molecule has 0 heterocycles. The number of carbonyl (C=O) groups excluding carboxylic acids is 2. The van der Waals surface area contributed by atoms with Crippen LogP contribution in [0.15, 0.2) is 53.4 Å². The molecule has 2 rings (SSSR count). The Hall–Kier alpha value is -2.27. The molecule has 0 aromatic heterocycles. The first-order valence-electron chi connectivity index (χ1n) is 6.02. The van der Waals surface area contributed by atoms with Gasteiger partial charge in [-0.3, -0.25) is 9.59 Å². The van der Waals surface area contributed by atoms with Crippen molar-refractivity contribution in [3.05, 3.63) is 54.1 Å². The van der Waals surface area contributed by atoms with Gasteiger partial charge in [-0.1, -0.05) is 6.07 Å². The molecule has 2 aromatic rings. The number of amides is 2. The molecule has 0 unspecified atom stereocenters. The first kappa shape index (κ1) is 14.1. The van der Waals surface area contributed by atoms with Gasteiger partial charge in [0.25, 0.3) is 5.91 Å². The number of hydrogen-bond donors (Lipinski definition) is 3. The third-order valence-electron chi connectivity index (χ3n) is 2.57. The average Bonchev–Trinajstić information content (AvgIpc) is 2.40. The fourth-order valence-electron chi connectivity index (χ4n) is 1.69. The molecule has 2 N–H and O–H groups in total. The summed E-state index contributed by atoms with van der Waals surface area (Å²) in [6, 6.07) is 13.9. The maximum absolute atomic E-state index is 12.0. The Balaban J connectivity index is 2.06.